The number of hydrogen-bond donors (Lipinski definition) is 1. The van der Waals surface area contributed by atoms with Crippen molar-refractivity contribution in [2.75, 3.05) is 18.5 Å². The summed E-state index contributed by atoms with van der Waals surface area (Å²) >= 11 is 5.53. The molecule has 0 aliphatic carbocycles. The van der Waals surface area contributed by atoms with Crippen molar-refractivity contribution in [2.45, 2.75) is 0 Å². The fraction of sp³-hybridized carbons (Fsp3) is 0.286. The first-order chi connectivity index (χ1) is 6.65. The van der Waals surface area contributed by atoms with Gasteiger partial charge in [0, 0.05) is 18.8 Å². The van der Waals surface area contributed by atoms with Crippen molar-refractivity contribution in [1.29, 1.82) is 0 Å². The molecule has 0 fully saturated rings. The minimum absolute atomic E-state index is 0.0184. The summed E-state index contributed by atoms with van der Waals surface area (Å²) in [7, 11) is 0. The number of halogens is 2. The average Bonchev–Trinajstić information content (AvgIpc) is 2.15. The topological polar surface area (TPSA) is 68.1 Å². The van der Waals surface area contributed by atoms with Crippen LogP contribution in [0.3, 0.4) is 0 Å². The first-order valence-electron chi connectivity index (χ1n) is 3.75. The maximum atomic E-state index is 11.8. The molecule has 0 spiro atoms. The molecule has 5 nitrogen and oxygen atoms in total. The highest BCUT2D eigenvalue weighted by molar-refractivity contribution is 6.30. The van der Waals surface area contributed by atoms with Gasteiger partial charge in [-0.2, -0.15) is 0 Å². The Morgan fingerprint density at radius 2 is 2.43 bits per heavy atom. The van der Waals surface area contributed by atoms with Crippen LogP contribution in [-0.2, 0) is 0 Å². The van der Waals surface area contributed by atoms with Crippen molar-refractivity contribution in [2.24, 2.45) is 0 Å². The SMILES string of the molecule is O=[N+]([O-])c1cc(Cl)cnc1NCCF. The number of aromatic nitrogens is 1. The lowest BCUT2D eigenvalue weighted by Crippen LogP contribution is -2.07. The Hall–Kier alpha value is -1.43. The molecule has 1 aromatic rings. The average molecular weight is 220 g/mol. The number of nitrogens with zero attached hydrogens (tertiary/aromatic N) is 2. The summed E-state index contributed by atoms with van der Waals surface area (Å²) in [6.45, 7) is -0.642. The lowest BCUT2D eigenvalue weighted by Gasteiger charge is -2.03. The van der Waals surface area contributed by atoms with E-state index in [2.05, 4.69) is 10.3 Å². The van der Waals surface area contributed by atoms with E-state index < -0.39 is 11.6 Å². The molecule has 0 radical (unpaired) electrons. The second-order valence-electron chi connectivity index (χ2n) is 2.39. The molecule has 1 rings (SSSR count). The molecule has 0 amide bonds. The van der Waals surface area contributed by atoms with Crippen LogP contribution in [0.15, 0.2) is 12.3 Å². The predicted molar refractivity (Wildman–Crippen MR) is 50.4 cm³/mol. The van der Waals surface area contributed by atoms with Gasteiger partial charge in [-0.15, -0.1) is 0 Å². The third-order valence-electron chi connectivity index (χ3n) is 1.42. The molecule has 0 aliphatic rings. The molecule has 1 aromatic heterocycles. The van der Waals surface area contributed by atoms with Crippen LogP contribution < -0.4 is 5.32 Å². The molecule has 0 bridgehead atoms. The zero-order chi connectivity index (χ0) is 10.6. The van der Waals surface area contributed by atoms with Gasteiger partial charge in [0.2, 0.25) is 5.82 Å². The Balaban J connectivity index is 2.96. The van der Waals surface area contributed by atoms with E-state index in [1.807, 2.05) is 0 Å². The molecule has 1 N–H and O–H groups in total. The summed E-state index contributed by atoms with van der Waals surface area (Å²) in [5.74, 6) is 0.0250. The van der Waals surface area contributed by atoms with Gasteiger partial charge >= 0.3 is 5.69 Å². The lowest BCUT2D eigenvalue weighted by molar-refractivity contribution is -0.384. The zero-order valence-corrected chi connectivity index (χ0v) is 7.79. The highest BCUT2D eigenvalue weighted by Gasteiger charge is 2.15. The van der Waals surface area contributed by atoms with Gasteiger partial charge in [0.25, 0.3) is 0 Å². The zero-order valence-electron chi connectivity index (χ0n) is 7.04. The van der Waals surface area contributed by atoms with Crippen LogP contribution in [-0.4, -0.2) is 23.1 Å². The van der Waals surface area contributed by atoms with Gasteiger partial charge in [-0.3, -0.25) is 10.1 Å². The fourth-order valence-electron chi connectivity index (χ4n) is 0.870. The standard InChI is InChI=1S/C7H7ClFN3O2/c8-5-3-6(12(13)14)7(11-4-5)10-2-1-9/h3-4H,1-2H2,(H,10,11). The molecular formula is C7H7ClFN3O2. The second kappa shape index (κ2) is 4.71. The maximum Gasteiger partial charge on any atom is 0.312 e. The molecule has 14 heavy (non-hydrogen) atoms. The van der Waals surface area contributed by atoms with E-state index in [0.717, 1.165) is 6.07 Å². The van der Waals surface area contributed by atoms with E-state index in [1.54, 1.807) is 0 Å². The van der Waals surface area contributed by atoms with E-state index in [1.165, 1.54) is 6.20 Å². The highest BCUT2D eigenvalue weighted by atomic mass is 35.5. The van der Waals surface area contributed by atoms with Crippen LogP contribution in [0, 0.1) is 10.1 Å². The summed E-state index contributed by atoms with van der Waals surface area (Å²) in [6, 6.07) is 1.16. The third kappa shape index (κ3) is 2.53. The van der Waals surface area contributed by atoms with Crippen molar-refractivity contribution in [3.63, 3.8) is 0 Å². The lowest BCUT2D eigenvalue weighted by atomic mass is 10.4. The van der Waals surface area contributed by atoms with Crippen molar-refractivity contribution in [3.8, 4) is 0 Å². The Morgan fingerprint density at radius 1 is 1.71 bits per heavy atom. The summed E-state index contributed by atoms with van der Waals surface area (Å²) in [4.78, 5) is 13.6. The molecule has 1 heterocycles. The minimum Gasteiger partial charge on any atom is -0.362 e. The van der Waals surface area contributed by atoms with Crippen LogP contribution in [0.2, 0.25) is 5.02 Å². The van der Waals surface area contributed by atoms with Crippen molar-refractivity contribution in [3.05, 3.63) is 27.4 Å². The van der Waals surface area contributed by atoms with Gasteiger partial charge in [0.05, 0.1) is 9.95 Å². The number of alkyl halides is 1. The Bertz CT molecular complexity index is 348. The van der Waals surface area contributed by atoms with Gasteiger partial charge in [-0.25, -0.2) is 9.37 Å². The summed E-state index contributed by atoms with van der Waals surface area (Å²) in [5, 5.41) is 13.2. The molecule has 76 valence electrons. The normalized spacial score (nSPS) is 9.86. The molecule has 0 unspecified atom stereocenters. The van der Waals surface area contributed by atoms with Crippen molar-refractivity contribution >= 4 is 23.1 Å². The number of anilines is 1. The van der Waals surface area contributed by atoms with Crippen molar-refractivity contribution in [1.82, 2.24) is 4.98 Å². The summed E-state index contributed by atoms with van der Waals surface area (Å²) in [6.07, 6.45) is 1.26. The number of nitro groups is 1. The van der Waals surface area contributed by atoms with E-state index in [0.29, 0.717) is 0 Å². The first kappa shape index (κ1) is 10.6. The van der Waals surface area contributed by atoms with E-state index in [9.17, 15) is 14.5 Å². The molecule has 0 saturated carbocycles. The first-order valence-corrected chi connectivity index (χ1v) is 4.12. The minimum atomic E-state index is -0.626. The Labute approximate surface area is 84.1 Å². The smallest absolute Gasteiger partial charge is 0.312 e. The van der Waals surface area contributed by atoms with Gasteiger partial charge in [-0.05, 0) is 0 Å². The van der Waals surface area contributed by atoms with Crippen LogP contribution in [0.25, 0.3) is 0 Å². The molecule has 0 aliphatic heterocycles. The van der Waals surface area contributed by atoms with Crippen LogP contribution in [0.5, 0.6) is 0 Å². The van der Waals surface area contributed by atoms with Gasteiger partial charge in [0.1, 0.15) is 6.67 Å². The fourth-order valence-corrected chi connectivity index (χ4v) is 1.02. The Kier molecular flexibility index (Phi) is 3.58. The summed E-state index contributed by atoms with van der Waals surface area (Å²) in [5.41, 5.74) is -0.258. The molecule has 0 aromatic carbocycles. The quantitative estimate of drug-likeness (QED) is 0.621. The molecule has 0 saturated heterocycles. The molecule has 7 heteroatoms. The van der Waals surface area contributed by atoms with Gasteiger partial charge in [-0.1, -0.05) is 11.6 Å². The van der Waals surface area contributed by atoms with Crippen LogP contribution in [0.1, 0.15) is 0 Å². The molecule has 0 atom stereocenters. The Morgan fingerprint density at radius 3 is 3.00 bits per heavy atom. The monoisotopic (exact) mass is 219 g/mol. The van der Waals surface area contributed by atoms with Crippen LogP contribution >= 0.6 is 11.6 Å². The summed E-state index contributed by atoms with van der Waals surface area (Å²) < 4.78 is 11.8. The van der Waals surface area contributed by atoms with E-state index in [-0.39, 0.29) is 23.1 Å². The van der Waals surface area contributed by atoms with Gasteiger partial charge in [0.15, 0.2) is 0 Å². The van der Waals surface area contributed by atoms with E-state index >= 15 is 0 Å². The number of pyridine rings is 1. The highest BCUT2D eigenvalue weighted by Crippen LogP contribution is 2.24. The molecular weight excluding hydrogens is 213 g/mol. The van der Waals surface area contributed by atoms with Crippen molar-refractivity contribution < 1.29 is 9.31 Å². The van der Waals surface area contributed by atoms with Gasteiger partial charge < -0.3 is 5.32 Å². The van der Waals surface area contributed by atoms with E-state index in [4.69, 9.17) is 11.6 Å². The number of hydrogen-bond acceptors (Lipinski definition) is 4. The number of nitrogens with one attached hydrogen (secondary N) is 1. The third-order valence-corrected chi connectivity index (χ3v) is 1.62. The predicted octanol–water partition coefficient (Wildman–Crippen LogP) is 2.02. The largest absolute Gasteiger partial charge is 0.362 e. The van der Waals surface area contributed by atoms with Crippen LogP contribution in [0.4, 0.5) is 15.9 Å². The number of rotatable bonds is 4. The second-order valence-corrected chi connectivity index (χ2v) is 2.83. The maximum absolute atomic E-state index is 11.8.